The van der Waals surface area contributed by atoms with E-state index in [1.165, 1.54) is 20.3 Å². The minimum atomic E-state index is -0.970. The number of nitrogens with one attached hydrogen (secondary N) is 1. The molecule has 21 nitrogen and oxygen atoms in total. The second-order valence-electron chi connectivity index (χ2n) is 17.7. The summed E-state index contributed by atoms with van der Waals surface area (Å²) in [5.41, 5.74) is 11.8. The molecule has 3 amide bonds. The summed E-state index contributed by atoms with van der Waals surface area (Å²) in [6.07, 6.45) is 3.06. The number of nitrogens with zero attached hydrogens (tertiary/aromatic N) is 10. The second-order valence-corrected chi connectivity index (χ2v) is 17.7. The van der Waals surface area contributed by atoms with Crippen molar-refractivity contribution in [2.45, 2.75) is 58.8 Å². The van der Waals surface area contributed by atoms with Crippen molar-refractivity contribution in [2.75, 3.05) is 53.5 Å². The number of carboxylic acids is 1. The molecule has 6 heterocycles. The number of amides is 3. The van der Waals surface area contributed by atoms with Gasteiger partial charge in [-0.05, 0) is 75.9 Å². The average molecular weight is 1010 g/mol. The number of fused-ring (bicyclic) bond motifs is 2. The molecule has 4 aromatic carbocycles. The van der Waals surface area contributed by atoms with Gasteiger partial charge in [-0.1, -0.05) is 66.3 Å². The molecule has 10 rings (SSSR count). The molecule has 0 spiro atoms. The van der Waals surface area contributed by atoms with Crippen LogP contribution in [0.1, 0.15) is 88.8 Å². The molecule has 21 heteroatoms. The van der Waals surface area contributed by atoms with Crippen molar-refractivity contribution in [1.82, 2.24) is 55.0 Å². The molecular formula is C53H62N12O9. The van der Waals surface area contributed by atoms with E-state index in [0.717, 1.165) is 57.2 Å². The SMILES string of the molecule is C.COc1ccccc1C(=O)NCC(=O)N1CCC(c2nc(-c3ccc4c(C)nn(C)c4c3)no2)CC1.COc1ccccc1C(=O)O.Cc1nn(C)c2cc(-c3noc(C4CCN(C(=O)CN)CC4)n3)ccc12. The van der Waals surface area contributed by atoms with Gasteiger partial charge >= 0.3 is 5.97 Å². The number of aryl methyl sites for hydroxylation is 4. The van der Waals surface area contributed by atoms with E-state index in [9.17, 15) is 19.2 Å². The topological polar surface area (TPSA) is 265 Å². The number of hydrogen-bond acceptors (Lipinski definition) is 15. The molecule has 0 bridgehead atoms. The Morgan fingerprint density at radius 3 is 1.53 bits per heavy atom. The Morgan fingerprint density at radius 1 is 0.662 bits per heavy atom. The molecule has 388 valence electrons. The van der Waals surface area contributed by atoms with Crippen molar-refractivity contribution in [2.24, 2.45) is 19.8 Å². The number of aromatic carboxylic acids is 1. The van der Waals surface area contributed by atoms with Crippen molar-refractivity contribution >= 4 is 45.5 Å². The highest BCUT2D eigenvalue weighted by atomic mass is 16.5. The molecular weight excluding hydrogens is 949 g/mol. The zero-order valence-electron chi connectivity index (χ0n) is 41.6. The number of benzene rings is 4. The van der Waals surface area contributed by atoms with Crippen LogP contribution in [0.4, 0.5) is 0 Å². The fraction of sp³-hybridized carbons (Fsp3) is 0.358. The minimum Gasteiger partial charge on any atom is -0.496 e. The maximum atomic E-state index is 12.7. The summed E-state index contributed by atoms with van der Waals surface area (Å²) in [7, 11) is 6.80. The normalized spacial score (nSPS) is 13.8. The minimum absolute atomic E-state index is 0. The summed E-state index contributed by atoms with van der Waals surface area (Å²) in [5, 5.41) is 30.8. The van der Waals surface area contributed by atoms with Crippen LogP contribution in [-0.4, -0.2) is 132 Å². The van der Waals surface area contributed by atoms with Crippen LogP contribution < -0.4 is 20.5 Å². The number of carbonyl (C=O) groups is 4. The lowest BCUT2D eigenvalue weighted by molar-refractivity contribution is -0.131. The summed E-state index contributed by atoms with van der Waals surface area (Å²) in [5.74, 6) is 2.04. The molecule has 0 atom stereocenters. The van der Waals surface area contributed by atoms with Crippen LogP contribution in [0.25, 0.3) is 44.6 Å². The summed E-state index contributed by atoms with van der Waals surface area (Å²) in [4.78, 5) is 60.1. The molecule has 0 aliphatic carbocycles. The van der Waals surface area contributed by atoms with Crippen molar-refractivity contribution < 1.29 is 42.8 Å². The smallest absolute Gasteiger partial charge is 0.339 e. The summed E-state index contributed by atoms with van der Waals surface area (Å²) < 4.78 is 24.9. The Balaban J connectivity index is 0.000000183. The van der Waals surface area contributed by atoms with Gasteiger partial charge in [0.1, 0.15) is 17.1 Å². The maximum Gasteiger partial charge on any atom is 0.339 e. The van der Waals surface area contributed by atoms with Gasteiger partial charge < -0.3 is 44.5 Å². The third-order valence-corrected chi connectivity index (χ3v) is 13.1. The Bertz CT molecular complexity index is 3250. The number of para-hydroxylation sites is 2. The first-order valence-corrected chi connectivity index (χ1v) is 23.8. The number of hydrogen-bond donors (Lipinski definition) is 3. The van der Waals surface area contributed by atoms with Crippen LogP contribution in [0.2, 0.25) is 0 Å². The van der Waals surface area contributed by atoms with Crippen LogP contribution in [-0.2, 0) is 23.7 Å². The van der Waals surface area contributed by atoms with Crippen molar-refractivity contribution in [3.63, 3.8) is 0 Å². The second kappa shape index (κ2) is 23.8. The zero-order valence-corrected chi connectivity index (χ0v) is 41.6. The monoisotopic (exact) mass is 1010 g/mol. The number of carbonyl (C=O) groups excluding carboxylic acids is 3. The maximum absolute atomic E-state index is 12.7. The van der Waals surface area contributed by atoms with Crippen molar-refractivity contribution in [1.29, 1.82) is 0 Å². The largest absolute Gasteiger partial charge is 0.496 e. The Kier molecular flexibility index (Phi) is 17.2. The van der Waals surface area contributed by atoms with Gasteiger partial charge in [0, 0.05) is 74.0 Å². The number of carboxylic acid groups (broad SMARTS) is 1. The molecule has 74 heavy (non-hydrogen) atoms. The van der Waals surface area contributed by atoms with Gasteiger partial charge in [-0.15, -0.1) is 0 Å². The van der Waals surface area contributed by atoms with Gasteiger partial charge in [0.25, 0.3) is 5.91 Å². The molecule has 2 aliphatic heterocycles. The van der Waals surface area contributed by atoms with Crippen LogP contribution in [0.15, 0.2) is 94.0 Å². The highest BCUT2D eigenvalue weighted by molar-refractivity contribution is 5.99. The van der Waals surface area contributed by atoms with Gasteiger partial charge in [-0.2, -0.15) is 20.2 Å². The summed E-state index contributed by atoms with van der Waals surface area (Å²) in [6, 6.07) is 25.5. The van der Waals surface area contributed by atoms with E-state index in [-0.39, 0.29) is 55.6 Å². The first-order chi connectivity index (χ1) is 35.3. The van der Waals surface area contributed by atoms with E-state index < -0.39 is 5.97 Å². The van der Waals surface area contributed by atoms with Crippen molar-refractivity contribution in [3.05, 3.63) is 119 Å². The molecule has 0 saturated carbocycles. The molecule has 0 unspecified atom stereocenters. The number of ether oxygens (including phenoxy) is 2. The highest BCUT2D eigenvalue weighted by Gasteiger charge is 2.29. The fourth-order valence-corrected chi connectivity index (χ4v) is 9.09. The standard InChI is InChI=1S/C26H28N6O4.C18H22N6O2.C8H8O3.CH4/c1-16-19-9-8-18(14-21(19)31(2)29-16)24-28-26(36-30-24)17-10-12-32(13-11-17)23(33)15-27-25(34)20-6-4-5-7-22(20)35-3;1-11-14-4-3-13(9-15(14)23(2)21-11)17-20-18(26-22-17)12-5-7-24(8-6-12)16(25)10-19;1-11-7-5-3-2-4-6(7)8(9)10;/h4-9,14,17H,10-13,15H2,1-3H3,(H,27,34);3-4,9,12H,5-8,10,19H2,1-2H3;2-5H,1H3,(H,9,10);1H4. The predicted octanol–water partition coefficient (Wildman–Crippen LogP) is 6.70. The van der Waals surface area contributed by atoms with E-state index >= 15 is 0 Å². The molecule has 0 radical (unpaired) electrons. The lowest BCUT2D eigenvalue weighted by Crippen LogP contribution is -2.43. The van der Waals surface area contributed by atoms with Crippen LogP contribution in [0, 0.1) is 13.8 Å². The van der Waals surface area contributed by atoms with Gasteiger partial charge in [0.2, 0.25) is 35.2 Å². The number of methoxy groups -OCH3 is 2. The van der Waals surface area contributed by atoms with E-state index in [2.05, 4.69) is 35.8 Å². The molecule has 4 N–H and O–H groups in total. The first-order valence-electron chi connectivity index (χ1n) is 23.8. The number of piperidine rings is 2. The summed E-state index contributed by atoms with van der Waals surface area (Å²) in [6.45, 7) is 6.46. The van der Waals surface area contributed by atoms with E-state index in [1.807, 2.05) is 73.7 Å². The third-order valence-electron chi connectivity index (χ3n) is 13.1. The zero-order chi connectivity index (χ0) is 51.8. The van der Waals surface area contributed by atoms with E-state index in [1.54, 1.807) is 52.3 Å². The third kappa shape index (κ3) is 11.9. The van der Waals surface area contributed by atoms with Crippen LogP contribution >= 0.6 is 0 Å². The average Bonchev–Trinajstić information content (AvgIpc) is 4.24. The highest BCUT2D eigenvalue weighted by Crippen LogP contribution is 2.32. The number of rotatable bonds is 11. The number of likely N-dealkylation sites (tertiary alicyclic amines) is 2. The number of nitrogens with two attached hydrogens (primary N) is 1. The first kappa shape index (κ1) is 53.3. The van der Waals surface area contributed by atoms with Gasteiger partial charge in [-0.25, -0.2) is 4.79 Å². The van der Waals surface area contributed by atoms with Crippen molar-refractivity contribution in [3.8, 4) is 34.3 Å². The lowest BCUT2D eigenvalue weighted by Gasteiger charge is -2.30. The Hall–Kier alpha value is -8.46. The van der Waals surface area contributed by atoms with Crippen LogP contribution in [0.5, 0.6) is 11.5 Å². The lowest BCUT2D eigenvalue weighted by atomic mass is 9.96. The fourth-order valence-electron chi connectivity index (χ4n) is 9.09. The Morgan fingerprint density at radius 2 is 1.09 bits per heavy atom. The summed E-state index contributed by atoms with van der Waals surface area (Å²) >= 11 is 0. The number of aromatic nitrogens is 8. The van der Waals surface area contributed by atoms with E-state index in [4.69, 9.17) is 29.4 Å². The van der Waals surface area contributed by atoms with Gasteiger partial charge in [-0.3, -0.25) is 23.7 Å². The van der Waals surface area contributed by atoms with Gasteiger partial charge in [0.15, 0.2) is 0 Å². The molecule has 2 fully saturated rings. The van der Waals surface area contributed by atoms with E-state index in [0.29, 0.717) is 79.5 Å². The molecule has 2 aliphatic rings. The molecule has 8 aromatic rings. The Labute approximate surface area is 427 Å². The predicted molar refractivity (Wildman–Crippen MR) is 276 cm³/mol. The quantitative estimate of drug-likeness (QED) is 0.122. The molecule has 4 aromatic heterocycles. The molecule has 2 saturated heterocycles. The van der Waals surface area contributed by atoms with Crippen LogP contribution in [0.3, 0.4) is 0 Å². The van der Waals surface area contributed by atoms with Gasteiger partial charge in [0.05, 0.1) is 55.3 Å².